The molecule has 5 heterocycles. The Labute approximate surface area is 205 Å². The van der Waals surface area contributed by atoms with Crippen LogP contribution in [0.1, 0.15) is 36.2 Å². The minimum Gasteiger partial charge on any atom is -0.497 e. The van der Waals surface area contributed by atoms with Crippen LogP contribution in [-0.4, -0.2) is 101 Å². The average Bonchev–Trinajstić information content (AvgIpc) is 3.32. The molecule has 0 unspecified atom stereocenters. The summed E-state index contributed by atoms with van der Waals surface area (Å²) < 4.78 is 5.27. The number of ether oxygens (including phenoxy) is 1. The lowest BCUT2D eigenvalue weighted by molar-refractivity contribution is -0.144. The first-order valence-electron chi connectivity index (χ1n) is 12.8. The van der Waals surface area contributed by atoms with Gasteiger partial charge in [0.15, 0.2) is 0 Å². The molecule has 0 saturated carbocycles. The Bertz CT molecular complexity index is 1150. The number of piperidine rings is 3. The first kappa shape index (κ1) is 22.2. The Kier molecular flexibility index (Phi) is 5.57. The molecule has 0 radical (unpaired) electrons. The number of carbonyl (C=O) groups is 3. The number of piperazine rings is 1. The molecule has 1 N–H and O–H groups in total. The second-order valence-electron chi connectivity index (χ2n) is 10.5. The third-order valence-corrected chi connectivity index (χ3v) is 8.35. The molecule has 0 spiro atoms. The number of aromatic amines is 1. The minimum atomic E-state index is -0.0400. The highest BCUT2D eigenvalue weighted by Crippen LogP contribution is 2.38. The topological polar surface area (TPSA) is 89.2 Å². The lowest BCUT2D eigenvalue weighted by atomic mass is 9.76. The van der Waals surface area contributed by atoms with Gasteiger partial charge in [-0.2, -0.15) is 0 Å². The monoisotopic (exact) mass is 479 g/mol. The molecule has 186 valence electrons. The van der Waals surface area contributed by atoms with Crippen LogP contribution in [0.15, 0.2) is 24.3 Å². The zero-order valence-electron chi connectivity index (χ0n) is 20.2. The van der Waals surface area contributed by atoms with Crippen molar-refractivity contribution < 1.29 is 19.1 Å². The maximum Gasteiger partial charge on any atom is 0.320 e. The van der Waals surface area contributed by atoms with Crippen molar-refractivity contribution in [3.05, 3.63) is 30.0 Å². The lowest BCUT2D eigenvalue weighted by Crippen LogP contribution is -2.63. The molecule has 2 aromatic rings. The van der Waals surface area contributed by atoms with E-state index in [-0.39, 0.29) is 11.9 Å². The van der Waals surface area contributed by atoms with Gasteiger partial charge in [-0.1, -0.05) is 0 Å². The summed E-state index contributed by atoms with van der Waals surface area (Å²) in [5.41, 5.74) is 1.43. The Balaban J connectivity index is 1.07. The van der Waals surface area contributed by atoms with Crippen LogP contribution in [0.3, 0.4) is 0 Å². The molecule has 0 aliphatic carbocycles. The zero-order valence-corrected chi connectivity index (χ0v) is 20.2. The highest BCUT2D eigenvalue weighted by molar-refractivity contribution is 5.98. The number of likely N-dealkylation sites (tertiary alicyclic amines) is 1. The van der Waals surface area contributed by atoms with Gasteiger partial charge in [0.1, 0.15) is 11.4 Å². The number of benzene rings is 1. The Morgan fingerprint density at radius 3 is 2.60 bits per heavy atom. The SMILES string of the molecule is COc1ccc2cc(C(=O)N3CCN(C(=O)N4C[C@H]5C[C@H](C4)[C@H]4CCCC(=O)N4C5)CC3)[nH]c2c1. The molecule has 4 aliphatic rings. The fourth-order valence-corrected chi connectivity index (χ4v) is 6.59. The quantitative estimate of drug-likeness (QED) is 0.716. The van der Waals surface area contributed by atoms with Gasteiger partial charge < -0.3 is 29.3 Å². The number of hydrogen-bond donors (Lipinski definition) is 1. The van der Waals surface area contributed by atoms with Gasteiger partial charge >= 0.3 is 6.03 Å². The van der Waals surface area contributed by atoms with Crippen LogP contribution in [0.4, 0.5) is 4.79 Å². The highest BCUT2D eigenvalue weighted by atomic mass is 16.5. The number of amides is 4. The summed E-state index contributed by atoms with van der Waals surface area (Å²) in [4.78, 5) is 49.9. The number of fused-ring (bicyclic) bond motifs is 5. The van der Waals surface area contributed by atoms with Crippen LogP contribution < -0.4 is 4.74 Å². The molecule has 3 atom stereocenters. The van der Waals surface area contributed by atoms with Gasteiger partial charge in [-0.05, 0) is 49.3 Å². The molecule has 4 amide bonds. The van der Waals surface area contributed by atoms with Gasteiger partial charge in [0.05, 0.1) is 7.11 Å². The van der Waals surface area contributed by atoms with Crippen molar-refractivity contribution in [3.63, 3.8) is 0 Å². The molecular weight excluding hydrogens is 446 g/mol. The van der Waals surface area contributed by atoms with Crippen LogP contribution in [0.5, 0.6) is 5.75 Å². The van der Waals surface area contributed by atoms with E-state index in [2.05, 4.69) is 9.88 Å². The van der Waals surface area contributed by atoms with Crippen LogP contribution >= 0.6 is 0 Å². The summed E-state index contributed by atoms with van der Waals surface area (Å²) in [5.74, 6) is 1.77. The van der Waals surface area contributed by atoms with Crippen LogP contribution in [0, 0.1) is 11.8 Å². The van der Waals surface area contributed by atoms with Crippen molar-refractivity contribution in [2.45, 2.75) is 31.7 Å². The maximum atomic E-state index is 13.4. The third kappa shape index (κ3) is 4.00. The molecule has 9 nitrogen and oxygen atoms in total. The number of aromatic nitrogens is 1. The van der Waals surface area contributed by atoms with Crippen LogP contribution in [-0.2, 0) is 4.79 Å². The number of hydrogen-bond acceptors (Lipinski definition) is 4. The van der Waals surface area contributed by atoms with Gasteiger partial charge in [-0.3, -0.25) is 9.59 Å². The predicted molar refractivity (Wildman–Crippen MR) is 130 cm³/mol. The molecule has 35 heavy (non-hydrogen) atoms. The van der Waals surface area contributed by atoms with Gasteiger partial charge in [0.2, 0.25) is 5.91 Å². The number of H-pyrrole nitrogens is 1. The molecular formula is C26H33N5O4. The standard InChI is InChI=1S/C26H33N5O4/c1-35-20-6-5-18-12-22(27-21(18)13-20)25(33)28-7-9-29(10-8-28)26(34)30-14-17-11-19(16-30)23-3-2-4-24(32)31(23)15-17/h5-6,12-13,17,19,23,27H,2-4,7-11,14-16H2,1H3/t17-,19-,23-/m1/s1. The van der Waals surface area contributed by atoms with E-state index in [1.54, 1.807) is 7.11 Å². The van der Waals surface area contributed by atoms with E-state index in [0.717, 1.165) is 55.5 Å². The van der Waals surface area contributed by atoms with Crippen LogP contribution in [0.2, 0.25) is 0 Å². The molecule has 1 aromatic carbocycles. The lowest BCUT2D eigenvalue weighted by Gasteiger charge is -2.53. The largest absolute Gasteiger partial charge is 0.497 e. The summed E-state index contributed by atoms with van der Waals surface area (Å²) >= 11 is 0. The van der Waals surface area contributed by atoms with Crippen molar-refractivity contribution in [2.75, 3.05) is 52.9 Å². The maximum absolute atomic E-state index is 13.4. The number of rotatable bonds is 2. The Morgan fingerprint density at radius 1 is 1.00 bits per heavy atom. The molecule has 4 fully saturated rings. The first-order valence-corrected chi connectivity index (χ1v) is 12.8. The minimum absolute atomic E-state index is 0.0400. The van der Waals surface area contributed by atoms with Crippen molar-refractivity contribution in [1.82, 2.24) is 24.6 Å². The van der Waals surface area contributed by atoms with E-state index in [1.807, 2.05) is 39.0 Å². The van der Waals surface area contributed by atoms with Gasteiger partial charge in [-0.15, -0.1) is 0 Å². The molecule has 6 rings (SSSR count). The van der Waals surface area contributed by atoms with Gasteiger partial charge in [0.25, 0.3) is 5.91 Å². The highest BCUT2D eigenvalue weighted by Gasteiger charge is 2.45. The third-order valence-electron chi connectivity index (χ3n) is 8.35. The zero-order chi connectivity index (χ0) is 24.1. The van der Waals surface area contributed by atoms with Crippen molar-refractivity contribution in [3.8, 4) is 5.75 Å². The number of carbonyl (C=O) groups excluding carboxylic acids is 3. The van der Waals surface area contributed by atoms with Gasteiger partial charge in [0, 0.05) is 75.2 Å². The second-order valence-corrected chi connectivity index (χ2v) is 10.5. The predicted octanol–water partition coefficient (Wildman–Crippen LogP) is 2.39. The van der Waals surface area contributed by atoms with E-state index in [0.29, 0.717) is 62.1 Å². The number of nitrogens with one attached hydrogen (secondary N) is 1. The van der Waals surface area contributed by atoms with E-state index in [1.165, 1.54) is 0 Å². The number of urea groups is 1. The molecule has 1 aromatic heterocycles. The van der Waals surface area contributed by atoms with Crippen molar-refractivity contribution in [1.29, 1.82) is 0 Å². The van der Waals surface area contributed by atoms with Crippen molar-refractivity contribution >= 4 is 28.7 Å². The summed E-state index contributed by atoms with van der Waals surface area (Å²) in [6, 6.07) is 7.97. The molecule has 9 heteroatoms. The molecule has 2 bridgehead atoms. The first-order chi connectivity index (χ1) is 17.0. The fraction of sp³-hybridized carbons (Fsp3) is 0.577. The summed E-state index contributed by atoms with van der Waals surface area (Å²) in [6.45, 7) is 4.38. The smallest absolute Gasteiger partial charge is 0.320 e. The number of nitrogens with zero attached hydrogens (tertiary/aromatic N) is 4. The summed E-state index contributed by atoms with van der Waals surface area (Å²) in [5, 5.41) is 0.969. The second kappa shape index (κ2) is 8.77. The Hall–Kier alpha value is -3.23. The average molecular weight is 480 g/mol. The normalized spacial score (nSPS) is 26.7. The molecule has 4 aliphatic heterocycles. The Morgan fingerprint density at radius 2 is 1.80 bits per heavy atom. The summed E-state index contributed by atoms with van der Waals surface area (Å²) in [6.07, 6.45) is 3.83. The number of methoxy groups -OCH3 is 1. The van der Waals surface area contributed by atoms with E-state index in [4.69, 9.17) is 4.74 Å². The summed E-state index contributed by atoms with van der Waals surface area (Å²) in [7, 11) is 1.62. The fourth-order valence-electron chi connectivity index (χ4n) is 6.59. The van der Waals surface area contributed by atoms with E-state index in [9.17, 15) is 14.4 Å². The van der Waals surface area contributed by atoms with Crippen LogP contribution in [0.25, 0.3) is 10.9 Å². The van der Waals surface area contributed by atoms with Crippen molar-refractivity contribution in [2.24, 2.45) is 11.8 Å². The van der Waals surface area contributed by atoms with E-state index < -0.39 is 0 Å². The molecule has 4 saturated heterocycles. The van der Waals surface area contributed by atoms with E-state index >= 15 is 0 Å². The van der Waals surface area contributed by atoms with Gasteiger partial charge in [-0.25, -0.2) is 4.79 Å².